The van der Waals surface area contributed by atoms with E-state index in [2.05, 4.69) is 30.4 Å². The third kappa shape index (κ3) is 4.28. The second kappa shape index (κ2) is 8.64. The van der Waals surface area contributed by atoms with Gasteiger partial charge in [-0.15, -0.1) is 11.3 Å². The van der Waals surface area contributed by atoms with Crippen LogP contribution < -0.4 is 5.32 Å². The standard InChI is InChI=1S/C22H19F3N8O2S/c1-32-6-4-17(31-32)30-20-27-5-3-14(29-20)18-28-15(11-36-18)12-7-13(10-26-9-12)21(35)8-16(22(23,24)25)33(2)19(21)34/h3-7,9-11,16,35H,8H2,1-2H3,(H,27,29,30,31). The Bertz CT molecular complexity index is 1440. The number of amides is 1. The van der Waals surface area contributed by atoms with E-state index in [1.165, 1.54) is 29.8 Å². The van der Waals surface area contributed by atoms with Crippen LogP contribution in [-0.4, -0.2) is 64.9 Å². The van der Waals surface area contributed by atoms with E-state index in [0.29, 0.717) is 38.6 Å². The predicted octanol–water partition coefficient (Wildman–Crippen LogP) is 3.12. The first-order chi connectivity index (χ1) is 17.0. The largest absolute Gasteiger partial charge is 0.408 e. The molecule has 4 aromatic rings. The van der Waals surface area contributed by atoms with Crippen LogP contribution in [0, 0.1) is 0 Å². The summed E-state index contributed by atoms with van der Waals surface area (Å²) in [6.07, 6.45) is 0.535. The van der Waals surface area contributed by atoms with Crippen molar-refractivity contribution in [1.82, 2.24) is 34.6 Å². The monoisotopic (exact) mass is 516 g/mol. The van der Waals surface area contributed by atoms with E-state index in [9.17, 15) is 23.1 Å². The number of pyridine rings is 1. The summed E-state index contributed by atoms with van der Waals surface area (Å²) in [5.41, 5.74) is -0.910. The van der Waals surface area contributed by atoms with Gasteiger partial charge in [0, 0.05) is 67.9 Å². The maximum absolute atomic E-state index is 13.4. The molecular formula is C22H19F3N8O2S. The number of halogens is 3. The van der Waals surface area contributed by atoms with Gasteiger partial charge in [-0.1, -0.05) is 0 Å². The molecule has 10 nitrogen and oxygen atoms in total. The van der Waals surface area contributed by atoms with Gasteiger partial charge in [-0.05, 0) is 12.1 Å². The molecule has 2 unspecified atom stereocenters. The molecule has 1 fully saturated rings. The maximum atomic E-state index is 13.4. The summed E-state index contributed by atoms with van der Waals surface area (Å²) in [4.78, 5) is 30.4. The van der Waals surface area contributed by atoms with E-state index in [-0.39, 0.29) is 5.56 Å². The number of rotatable bonds is 5. The zero-order chi connectivity index (χ0) is 25.7. The number of likely N-dealkylation sites (tertiary alicyclic amines) is 1. The number of anilines is 2. The van der Waals surface area contributed by atoms with Crippen molar-refractivity contribution in [2.45, 2.75) is 24.2 Å². The van der Waals surface area contributed by atoms with Gasteiger partial charge in [0.2, 0.25) is 5.95 Å². The van der Waals surface area contributed by atoms with Crippen molar-refractivity contribution in [1.29, 1.82) is 0 Å². The first-order valence-corrected chi connectivity index (χ1v) is 11.5. The number of alkyl halides is 3. The normalized spacial score (nSPS) is 20.2. The Morgan fingerprint density at radius 2 is 2.00 bits per heavy atom. The molecule has 5 heterocycles. The van der Waals surface area contributed by atoms with Crippen LogP contribution in [-0.2, 0) is 17.4 Å². The summed E-state index contributed by atoms with van der Waals surface area (Å²) in [7, 11) is 2.82. The summed E-state index contributed by atoms with van der Waals surface area (Å²) in [5.74, 6) is -0.122. The summed E-state index contributed by atoms with van der Waals surface area (Å²) >= 11 is 1.30. The molecule has 5 rings (SSSR count). The summed E-state index contributed by atoms with van der Waals surface area (Å²) < 4.78 is 41.7. The van der Waals surface area contributed by atoms with Crippen LogP contribution in [0.3, 0.4) is 0 Å². The molecule has 1 aliphatic rings. The van der Waals surface area contributed by atoms with Gasteiger partial charge in [0.05, 0.1) is 5.69 Å². The number of aromatic nitrogens is 6. The quantitative estimate of drug-likeness (QED) is 0.415. The van der Waals surface area contributed by atoms with Crippen LogP contribution in [0.15, 0.2) is 48.4 Å². The molecule has 0 saturated carbocycles. The average molecular weight is 517 g/mol. The maximum Gasteiger partial charge on any atom is 0.408 e. The summed E-state index contributed by atoms with van der Waals surface area (Å²) in [6.45, 7) is 0. The van der Waals surface area contributed by atoms with Crippen LogP contribution in [0.1, 0.15) is 12.0 Å². The molecule has 0 radical (unpaired) electrons. The van der Waals surface area contributed by atoms with Crippen molar-refractivity contribution in [3.63, 3.8) is 0 Å². The third-order valence-electron chi connectivity index (χ3n) is 5.85. The Hall–Kier alpha value is -3.91. The highest BCUT2D eigenvalue weighted by Gasteiger charge is 2.59. The average Bonchev–Trinajstić information content (AvgIpc) is 3.55. The van der Waals surface area contributed by atoms with Crippen molar-refractivity contribution in [3.05, 3.63) is 53.9 Å². The zero-order valence-corrected chi connectivity index (χ0v) is 19.7. The Morgan fingerprint density at radius 1 is 1.19 bits per heavy atom. The SMILES string of the molecule is CN1C(=O)C(O)(c2cncc(-c3csc(-c4ccnc(Nc5ccn(C)n5)n4)n3)c2)CC1C(F)(F)F. The first-order valence-electron chi connectivity index (χ1n) is 10.6. The van der Waals surface area contributed by atoms with Gasteiger partial charge in [0.25, 0.3) is 5.91 Å². The van der Waals surface area contributed by atoms with Crippen molar-refractivity contribution >= 4 is 29.0 Å². The number of hydrogen-bond acceptors (Lipinski definition) is 9. The Balaban J connectivity index is 1.41. The highest BCUT2D eigenvalue weighted by Crippen LogP contribution is 2.43. The second-order valence-electron chi connectivity index (χ2n) is 8.30. The van der Waals surface area contributed by atoms with Crippen LogP contribution >= 0.6 is 11.3 Å². The van der Waals surface area contributed by atoms with Gasteiger partial charge in [-0.3, -0.25) is 14.5 Å². The van der Waals surface area contributed by atoms with Gasteiger partial charge in [0.1, 0.15) is 16.7 Å². The van der Waals surface area contributed by atoms with Gasteiger partial charge in [0.15, 0.2) is 11.4 Å². The molecule has 4 aromatic heterocycles. The smallest absolute Gasteiger partial charge is 0.375 e. The van der Waals surface area contributed by atoms with Gasteiger partial charge in [-0.2, -0.15) is 18.3 Å². The molecule has 2 atom stereocenters. The van der Waals surface area contributed by atoms with Crippen LogP contribution in [0.5, 0.6) is 0 Å². The molecule has 0 spiro atoms. The summed E-state index contributed by atoms with van der Waals surface area (Å²) in [6, 6.07) is 2.81. The molecule has 1 aliphatic heterocycles. The lowest BCUT2D eigenvalue weighted by Gasteiger charge is -2.21. The number of thiazole rings is 1. The minimum atomic E-state index is -4.66. The Morgan fingerprint density at radius 3 is 2.69 bits per heavy atom. The molecule has 14 heteroatoms. The zero-order valence-electron chi connectivity index (χ0n) is 18.9. The van der Waals surface area contributed by atoms with E-state index < -0.39 is 30.1 Å². The minimum absolute atomic E-state index is 0.0259. The number of carbonyl (C=O) groups is 1. The fourth-order valence-electron chi connectivity index (χ4n) is 3.98. The molecule has 1 amide bonds. The molecule has 2 N–H and O–H groups in total. The van der Waals surface area contributed by atoms with E-state index in [1.807, 2.05) is 0 Å². The van der Waals surface area contributed by atoms with Crippen molar-refractivity contribution in [2.24, 2.45) is 7.05 Å². The molecule has 1 saturated heterocycles. The van der Waals surface area contributed by atoms with Crippen molar-refractivity contribution in [3.8, 4) is 22.0 Å². The number of carbonyl (C=O) groups excluding carboxylic acids is 1. The number of nitrogens with zero attached hydrogens (tertiary/aromatic N) is 7. The van der Waals surface area contributed by atoms with Gasteiger partial charge in [-0.25, -0.2) is 15.0 Å². The molecule has 0 aromatic carbocycles. The fraction of sp³-hybridized carbons (Fsp3) is 0.273. The Kier molecular flexibility index (Phi) is 5.71. The van der Waals surface area contributed by atoms with Gasteiger partial charge < -0.3 is 15.3 Å². The summed E-state index contributed by atoms with van der Waals surface area (Å²) in [5, 5.41) is 20.5. The molecule has 0 aliphatic carbocycles. The van der Waals surface area contributed by atoms with Gasteiger partial charge >= 0.3 is 6.18 Å². The topological polar surface area (TPSA) is 122 Å². The molecule has 0 bridgehead atoms. The fourth-order valence-corrected chi connectivity index (χ4v) is 4.78. The van der Waals surface area contributed by atoms with E-state index in [4.69, 9.17) is 0 Å². The Labute approximate surface area is 206 Å². The number of aryl methyl sites for hydroxylation is 1. The van der Waals surface area contributed by atoms with E-state index in [0.717, 1.165) is 7.05 Å². The van der Waals surface area contributed by atoms with Crippen molar-refractivity contribution < 1.29 is 23.1 Å². The number of nitrogens with one attached hydrogen (secondary N) is 1. The minimum Gasteiger partial charge on any atom is -0.375 e. The van der Waals surface area contributed by atoms with E-state index in [1.54, 1.807) is 41.6 Å². The first kappa shape index (κ1) is 23.8. The highest BCUT2D eigenvalue weighted by atomic mass is 32.1. The van der Waals surface area contributed by atoms with Crippen LogP contribution in [0.2, 0.25) is 0 Å². The third-order valence-corrected chi connectivity index (χ3v) is 6.72. The molecule has 36 heavy (non-hydrogen) atoms. The lowest BCUT2D eigenvalue weighted by atomic mass is 9.90. The van der Waals surface area contributed by atoms with Crippen LogP contribution in [0.25, 0.3) is 22.0 Å². The number of likely N-dealkylation sites (N-methyl/N-ethyl adjacent to an activating group) is 1. The van der Waals surface area contributed by atoms with Crippen molar-refractivity contribution in [2.75, 3.05) is 12.4 Å². The molecule has 186 valence electrons. The number of hydrogen-bond donors (Lipinski definition) is 2. The lowest BCUT2D eigenvalue weighted by Crippen LogP contribution is -2.41. The number of aliphatic hydroxyl groups is 1. The predicted molar refractivity (Wildman–Crippen MR) is 124 cm³/mol. The molecular weight excluding hydrogens is 497 g/mol. The van der Waals surface area contributed by atoms with E-state index >= 15 is 0 Å². The lowest BCUT2D eigenvalue weighted by molar-refractivity contribution is -0.177. The second-order valence-corrected chi connectivity index (χ2v) is 9.16. The highest BCUT2D eigenvalue weighted by molar-refractivity contribution is 7.13. The van der Waals surface area contributed by atoms with Crippen LogP contribution in [0.4, 0.5) is 24.9 Å².